The minimum absolute atomic E-state index is 0.179. The van der Waals surface area contributed by atoms with Crippen LogP contribution < -0.4 is 10.6 Å². The van der Waals surface area contributed by atoms with Crippen molar-refractivity contribution in [2.45, 2.75) is 25.7 Å². The minimum atomic E-state index is -0.179. The molecule has 2 N–H and O–H groups in total. The predicted molar refractivity (Wildman–Crippen MR) is 62.1 cm³/mol. The largest absolute Gasteiger partial charge is 0.384 e. The van der Waals surface area contributed by atoms with Crippen LogP contribution >= 0.6 is 0 Å². The Morgan fingerprint density at radius 2 is 2.12 bits per heavy atom. The number of rotatable bonds is 5. The molecule has 1 saturated heterocycles. The summed E-state index contributed by atoms with van der Waals surface area (Å²) in [6.45, 7) is 3.59. The van der Waals surface area contributed by atoms with Gasteiger partial charge < -0.3 is 15.4 Å². The second-order valence-corrected chi connectivity index (χ2v) is 5.12. The van der Waals surface area contributed by atoms with E-state index in [0.717, 1.165) is 32.5 Å². The van der Waals surface area contributed by atoms with Gasteiger partial charge in [0, 0.05) is 13.7 Å². The summed E-state index contributed by atoms with van der Waals surface area (Å²) in [6, 6.07) is 0. The summed E-state index contributed by atoms with van der Waals surface area (Å²) in [5.74, 6) is 0.858. The van der Waals surface area contributed by atoms with Gasteiger partial charge in [-0.1, -0.05) is 0 Å². The maximum Gasteiger partial charge on any atom is 0.228 e. The summed E-state index contributed by atoms with van der Waals surface area (Å²) >= 11 is 0. The normalized spacial score (nSPS) is 24.1. The Labute approximate surface area is 97.1 Å². The van der Waals surface area contributed by atoms with E-state index in [1.807, 2.05) is 0 Å². The van der Waals surface area contributed by atoms with Gasteiger partial charge >= 0.3 is 0 Å². The molecule has 4 heteroatoms. The average Bonchev–Trinajstić information content (AvgIpc) is 3.09. The summed E-state index contributed by atoms with van der Waals surface area (Å²) in [5.41, 5.74) is -0.179. The van der Waals surface area contributed by atoms with E-state index in [0.29, 0.717) is 12.5 Å². The van der Waals surface area contributed by atoms with Crippen molar-refractivity contribution in [1.29, 1.82) is 0 Å². The van der Waals surface area contributed by atoms with Crippen LogP contribution in [-0.2, 0) is 9.53 Å². The Balaban J connectivity index is 1.71. The molecule has 1 aliphatic carbocycles. The molecule has 92 valence electrons. The first-order chi connectivity index (χ1) is 7.77. The smallest absolute Gasteiger partial charge is 0.228 e. The third-order valence-electron chi connectivity index (χ3n) is 3.77. The maximum absolute atomic E-state index is 12.0. The Hall–Kier alpha value is -0.610. The van der Waals surface area contributed by atoms with E-state index in [1.165, 1.54) is 12.8 Å². The molecular weight excluding hydrogens is 204 g/mol. The van der Waals surface area contributed by atoms with E-state index in [-0.39, 0.29) is 11.3 Å². The highest BCUT2D eigenvalue weighted by atomic mass is 16.5. The van der Waals surface area contributed by atoms with Crippen LogP contribution in [0.1, 0.15) is 25.7 Å². The molecule has 0 aromatic heterocycles. The number of amides is 1. The van der Waals surface area contributed by atoms with Crippen molar-refractivity contribution < 1.29 is 9.53 Å². The lowest BCUT2D eigenvalue weighted by atomic mass is 9.97. The topological polar surface area (TPSA) is 50.4 Å². The van der Waals surface area contributed by atoms with Crippen molar-refractivity contribution in [3.05, 3.63) is 0 Å². The van der Waals surface area contributed by atoms with Crippen molar-refractivity contribution in [3.8, 4) is 0 Å². The highest BCUT2D eigenvalue weighted by Gasteiger charge is 2.49. The molecule has 1 saturated carbocycles. The molecule has 0 radical (unpaired) electrons. The monoisotopic (exact) mass is 226 g/mol. The molecule has 0 unspecified atom stereocenters. The fourth-order valence-corrected chi connectivity index (χ4v) is 2.37. The van der Waals surface area contributed by atoms with Gasteiger partial charge in [0.25, 0.3) is 0 Å². The molecule has 16 heavy (non-hydrogen) atoms. The molecule has 0 bridgehead atoms. The fraction of sp³-hybridized carbons (Fsp3) is 0.917. The van der Waals surface area contributed by atoms with Crippen LogP contribution in [0.3, 0.4) is 0 Å². The van der Waals surface area contributed by atoms with Gasteiger partial charge in [0.1, 0.15) is 0 Å². The summed E-state index contributed by atoms with van der Waals surface area (Å²) in [4.78, 5) is 12.0. The van der Waals surface area contributed by atoms with Crippen LogP contribution in [0.15, 0.2) is 0 Å². The minimum Gasteiger partial charge on any atom is -0.384 e. The highest BCUT2D eigenvalue weighted by molar-refractivity contribution is 5.85. The molecule has 1 aliphatic heterocycles. The molecule has 0 aromatic carbocycles. The zero-order valence-electron chi connectivity index (χ0n) is 10.1. The third-order valence-corrected chi connectivity index (χ3v) is 3.77. The maximum atomic E-state index is 12.0. The number of carbonyl (C=O) groups is 1. The molecule has 0 aromatic rings. The van der Waals surface area contributed by atoms with Crippen LogP contribution in [0.4, 0.5) is 0 Å². The van der Waals surface area contributed by atoms with E-state index in [9.17, 15) is 4.79 Å². The Kier molecular flexibility index (Phi) is 3.82. The lowest BCUT2D eigenvalue weighted by Crippen LogP contribution is -2.40. The Morgan fingerprint density at radius 1 is 1.44 bits per heavy atom. The van der Waals surface area contributed by atoms with Crippen LogP contribution in [0.2, 0.25) is 0 Å². The SMILES string of the molecule is COCC1(C(=O)NCC2CCNCC2)CC1. The molecule has 2 aliphatic rings. The fourth-order valence-electron chi connectivity index (χ4n) is 2.37. The van der Waals surface area contributed by atoms with Crippen molar-refractivity contribution >= 4 is 5.91 Å². The van der Waals surface area contributed by atoms with Crippen LogP contribution in [-0.4, -0.2) is 39.3 Å². The van der Waals surface area contributed by atoms with Crippen molar-refractivity contribution in [2.24, 2.45) is 11.3 Å². The summed E-state index contributed by atoms with van der Waals surface area (Å²) in [7, 11) is 1.67. The molecule has 4 nitrogen and oxygen atoms in total. The number of hydrogen-bond donors (Lipinski definition) is 2. The van der Waals surface area contributed by atoms with Gasteiger partial charge in [-0.25, -0.2) is 0 Å². The number of carbonyl (C=O) groups excluding carboxylic acids is 1. The average molecular weight is 226 g/mol. The molecule has 2 fully saturated rings. The molecule has 0 atom stereocenters. The van der Waals surface area contributed by atoms with Gasteiger partial charge in [0.15, 0.2) is 0 Å². The lowest BCUT2D eigenvalue weighted by molar-refractivity contribution is -0.128. The number of ether oxygens (including phenoxy) is 1. The summed E-state index contributed by atoms with van der Waals surface area (Å²) in [5, 5.41) is 6.43. The van der Waals surface area contributed by atoms with Crippen molar-refractivity contribution in [3.63, 3.8) is 0 Å². The second kappa shape index (κ2) is 5.15. The first-order valence-electron chi connectivity index (χ1n) is 6.25. The quantitative estimate of drug-likeness (QED) is 0.719. The zero-order chi connectivity index (χ0) is 11.4. The lowest BCUT2D eigenvalue weighted by Gasteiger charge is -2.24. The Morgan fingerprint density at radius 3 is 2.69 bits per heavy atom. The van der Waals surface area contributed by atoms with Crippen LogP contribution in [0.25, 0.3) is 0 Å². The number of piperidine rings is 1. The van der Waals surface area contributed by atoms with E-state index in [2.05, 4.69) is 10.6 Å². The van der Waals surface area contributed by atoms with E-state index < -0.39 is 0 Å². The van der Waals surface area contributed by atoms with Crippen LogP contribution in [0.5, 0.6) is 0 Å². The van der Waals surface area contributed by atoms with Gasteiger partial charge in [-0.2, -0.15) is 0 Å². The molecular formula is C12H22N2O2. The zero-order valence-corrected chi connectivity index (χ0v) is 10.1. The molecule has 2 rings (SSSR count). The molecule has 0 spiro atoms. The van der Waals surface area contributed by atoms with Gasteiger partial charge in [0.2, 0.25) is 5.91 Å². The first kappa shape index (κ1) is 11.9. The van der Waals surface area contributed by atoms with Gasteiger partial charge in [0.05, 0.1) is 12.0 Å². The van der Waals surface area contributed by atoms with Gasteiger partial charge in [-0.05, 0) is 44.7 Å². The second-order valence-electron chi connectivity index (χ2n) is 5.12. The van der Waals surface area contributed by atoms with Crippen molar-refractivity contribution in [1.82, 2.24) is 10.6 Å². The number of methoxy groups -OCH3 is 1. The van der Waals surface area contributed by atoms with Crippen LogP contribution in [0, 0.1) is 11.3 Å². The number of nitrogens with one attached hydrogen (secondary N) is 2. The first-order valence-corrected chi connectivity index (χ1v) is 6.25. The Bertz CT molecular complexity index is 245. The molecule has 1 heterocycles. The van der Waals surface area contributed by atoms with E-state index >= 15 is 0 Å². The van der Waals surface area contributed by atoms with Gasteiger partial charge in [-0.3, -0.25) is 4.79 Å². The highest BCUT2D eigenvalue weighted by Crippen LogP contribution is 2.45. The molecule has 1 amide bonds. The van der Waals surface area contributed by atoms with Crippen molar-refractivity contribution in [2.75, 3.05) is 33.4 Å². The summed E-state index contributed by atoms with van der Waals surface area (Å²) in [6.07, 6.45) is 4.33. The predicted octanol–water partition coefficient (Wildman–Crippen LogP) is 0.529. The standard InChI is InChI=1S/C12H22N2O2/c1-16-9-12(4-5-12)11(15)14-8-10-2-6-13-7-3-10/h10,13H,2-9H2,1H3,(H,14,15). The van der Waals surface area contributed by atoms with Gasteiger partial charge in [-0.15, -0.1) is 0 Å². The third kappa shape index (κ3) is 2.74. The van der Waals surface area contributed by atoms with E-state index in [1.54, 1.807) is 7.11 Å². The number of hydrogen-bond acceptors (Lipinski definition) is 3. The summed E-state index contributed by atoms with van der Waals surface area (Å²) < 4.78 is 5.11. The van der Waals surface area contributed by atoms with E-state index in [4.69, 9.17) is 4.74 Å².